The van der Waals surface area contributed by atoms with Crippen molar-refractivity contribution in [2.45, 2.75) is 13.8 Å². The van der Waals surface area contributed by atoms with Crippen LogP contribution in [0, 0.1) is 19.7 Å². The Balaban J connectivity index is 2.64. The molecule has 0 atom stereocenters. The monoisotopic (exact) mass is 218 g/mol. The molecule has 0 unspecified atom stereocenters. The van der Waals surface area contributed by atoms with Crippen LogP contribution in [-0.2, 0) is 0 Å². The van der Waals surface area contributed by atoms with Crippen molar-refractivity contribution in [2.75, 3.05) is 0 Å². The lowest BCUT2D eigenvalue weighted by molar-refractivity contribution is 0.628. The number of rotatable bonds is 1. The number of H-pyrrole nitrogens is 1. The first-order valence-electron chi connectivity index (χ1n) is 4.91. The molecule has 82 valence electrons. The molecule has 1 heterocycles. The fourth-order valence-corrected chi connectivity index (χ4v) is 1.72. The fraction of sp³-hybridized carbons (Fsp3) is 0.167. The second kappa shape index (κ2) is 3.89. The largest absolute Gasteiger partial charge is 0.268 e. The summed E-state index contributed by atoms with van der Waals surface area (Å²) in [6.07, 6.45) is 0. The summed E-state index contributed by atoms with van der Waals surface area (Å²) in [7, 11) is 0. The topological polar surface area (TPSA) is 45.8 Å². The van der Waals surface area contributed by atoms with E-state index < -0.39 is 0 Å². The van der Waals surface area contributed by atoms with Gasteiger partial charge in [-0.05, 0) is 37.1 Å². The van der Waals surface area contributed by atoms with Crippen LogP contribution >= 0.6 is 0 Å². The maximum atomic E-state index is 13.8. The first kappa shape index (κ1) is 10.5. The van der Waals surface area contributed by atoms with Gasteiger partial charge >= 0.3 is 0 Å². The number of benzene rings is 1. The Labute approximate surface area is 92.0 Å². The van der Waals surface area contributed by atoms with E-state index in [2.05, 4.69) is 10.2 Å². The summed E-state index contributed by atoms with van der Waals surface area (Å²) in [5, 5.41) is 6.12. The van der Waals surface area contributed by atoms with Gasteiger partial charge in [-0.3, -0.25) is 4.79 Å². The molecule has 2 aromatic rings. The van der Waals surface area contributed by atoms with Crippen molar-refractivity contribution in [1.82, 2.24) is 10.2 Å². The predicted molar refractivity (Wildman–Crippen MR) is 59.7 cm³/mol. The van der Waals surface area contributed by atoms with Crippen LogP contribution < -0.4 is 5.56 Å². The second-order valence-electron chi connectivity index (χ2n) is 3.75. The van der Waals surface area contributed by atoms with Crippen LogP contribution in [0.3, 0.4) is 0 Å². The molecule has 0 aliphatic rings. The zero-order chi connectivity index (χ0) is 11.7. The SMILES string of the molecule is Cc1cc(C)c(-c2ccc(=O)[nH]n2)c(F)c1. The Morgan fingerprint density at radius 1 is 1.25 bits per heavy atom. The van der Waals surface area contributed by atoms with E-state index in [0.29, 0.717) is 11.3 Å². The third-order valence-electron chi connectivity index (χ3n) is 2.37. The van der Waals surface area contributed by atoms with E-state index in [9.17, 15) is 9.18 Å². The van der Waals surface area contributed by atoms with Crippen molar-refractivity contribution in [2.24, 2.45) is 0 Å². The number of nitrogens with zero attached hydrogens (tertiary/aromatic N) is 1. The highest BCUT2D eigenvalue weighted by Crippen LogP contribution is 2.24. The summed E-state index contributed by atoms with van der Waals surface area (Å²) < 4.78 is 13.8. The van der Waals surface area contributed by atoms with Crippen molar-refractivity contribution in [3.8, 4) is 11.3 Å². The van der Waals surface area contributed by atoms with Crippen molar-refractivity contribution in [3.63, 3.8) is 0 Å². The molecule has 3 nitrogen and oxygen atoms in total. The first-order chi connectivity index (χ1) is 7.58. The molecule has 0 saturated carbocycles. The summed E-state index contributed by atoms with van der Waals surface area (Å²) in [4.78, 5) is 10.9. The number of halogens is 1. The quantitative estimate of drug-likeness (QED) is 0.797. The van der Waals surface area contributed by atoms with E-state index in [4.69, 9.17) is 0 Å². The molecule has 4 heteroatoms. The molecular formula is C12H11FN2O. The normalized spacial score (nSPS) is 10.4. The summed E-state index contributed by atoms with van der Waals surface area (Å²) in [5.74, 6) is -0.322. The van der Waals surface area contributed by atoms with Gasteiger partial charge in [0.15, 0.2) is 0 Å². The molecule has 0 aliphatic carbocycles. The lowest BCUT2D eigenvalue weighted by Gasteiger charge is -2.07. The molecular weight excluding hydrogens is 207 g/mol. The van der Waals surface area contributed by atoms with Gasteiger partial charge in [0.2, 0.25) is 0 Å². The average Bonchev–Trinajstić information content (AvgIpc) is 2.19. The van der Waals surface area contributed by atoms with Gasteiger partial charge in [-0.25, -0.2) is 9.49 Å². The van der Waals surface area contributed by atoms with Crippen LogP contribution in [-0.4, -0.2) is 10.2 Å². The van der Waals surface area contributed by atoms with Gasteiger partial charge in [0, 0.05) is 11.6 Å². The van der Waals surface area contributed by atoms with E-state index in [0.717, 1.165) is 11.1 Å². The molecule has 0 spiro atoms. The summed E-state index contributed by atoms with van der Waals surface area (Å²) in [5.41, 5.74) is 2.24. The van der Waals surface area contributed by atoms with Gasteiger partial charge in [0.05, 0.1) is 5.69 Å². The molecule has 0 saturated heterocycles. The van der Waals surface area contributed by atoms with Crippen LogP contribution in [0.5, 0.6) is 0 Å². The van der Waals surface area contributed by atoms with Gasteiger partial charge < -0.3 is 0 Å². The van der Waals surface area contributed by atoms with E-state index in [1.54, 1.807) is 0 Å². The van der Waals surface area contributed by atoms with Crippen LogP contribution in [0.4, 0.5) is 4.39 Å². The van der Waals surface area contributed by atoms with Gasteiger partial charge in [-0.2, -0.15) is 5.10 Å². The third kappa shape index (κ3) is 1.86. The highest BCUT2D eigenvalue weighted by Gasteiger charge is 2.10. The fourth-order valence-electron chi connectivity index (χ4n) is 1.72. The molecule has 0 bridgehead atoms. The minimum Gasteiger partial charge on any atom is -0.268 e. The molecule has 1 aromatic carbocycles. The van der Waals surface area contributed by atoms with Crippen molar-refractivity contribution >= 4 is 0 Å². The van der Waals surface area contributed by atoms with Gasteiger partial charge in [0.1, 0.15) is 5.82 Å². The van der Waals surface area contributed by atoms with Crippen molar-refractivity contribution in [1.29, 1.82) is 0 Å². The highest BCUT2D eigenvalue weighted by molar-refractivity contribution is 5.64. The maximum Gasteiger partial charge on any atom is 0.264 e. The lowest BCUT2D eigenvalue weighted by Crippen LogP contribution is -2.06. The minimum atomic E-state index is -0.322. The molecule has 1 aromatic heterocycles. The van der Waals surface area contributed by atoms with E-state index in [1.807, 2.05) is 19.9 Å². The first-order valence-corrected chi connectivity index (χ1v) is 4.91. The molecule has 0 aliphatic heterocycles. The average molecular weight is 218 g/mol. The van der Waals surface area contributed by atoms with E-state index >= 15 is 0 Å². The summed E-state index contributed by atoms with van der Waals surface area (Å²) >= 11 is 0. The van der Waals surface area contributed by atoms with Crippen LogP contribution in [0.25, 0.3) is 11.3 Å². The van der Waals surface area contributed by atoms with Crippen molar-refractivity contribution in [3.05, 3.63) is 51.6 Å². The number of hydrogen-bond donors (Lipinski definition) is 1. The Morgan fingerprint density at radius 3 is 2.56 bits per heavy atom. The Bertz CT molecular complexity index is 546. The zero-order valence-electron chi connectivity index (χ0n) is 9.04. The minimum absolute atomic E-state index is 0.297. The zero-order valence-corrected chi connectivity index (χ0v) is 9.04. The number of aryl methyl sites for hydroxylation is 2. The smallest absolute Gasteiger partial charge is 0.264 e. The Kier molecular flexibility index (Phi) is 2.56. The standard InChI is InChI=1S/C12H11FN2O/c1-7-5-8(2)12(9(13)6-7)10-3-4-11(16)15-14-10/h3-6H,1-2H3,(H,15,16). The summed E-state index contributed by atoms with van der Waals surface area (Å²) in [6.45, 7) is 3.65. The number of hydrogen-bond acceptors (Lipinski definition) is 2. The highest BCUT2D eigenvalue weighted by atomic mass is 19.1. The molecule has 0 radical (unpaired) electrons. The number of aromatic amines is 1. The van der Waals surface area contributed by atoms with E-state index in [-0.39, 0.29) is 11.4 Å². The molecule has 0 amide bonds. The molecule has 16 heavy (non-hydrogen) atoms. The number of nitrogens with one attached hydrogen (secondary N) is 1. The summed E-state index contributed by atoms with van der Waals surface area (Å²) in [6, 6.07) is 6.18. The second-order valence-corrected chi connectivity index (χ2v) is 3.75. The molecule has 1 N–H and O–H groups in total. The van der Waals surface area contributed by atoms with Crippen LogP contribution in [0.15, 0.2) is 29.1 Å². The van der Waals surface area contributed by atoms with Crippen LogP contribution in [0.1, 0.15) is 11.1 Å². The number of aromatic nitrogens is 2. The van der Waals surface area contributed by atoms with Crippen molar-refractivity contribution < 1.29 is 4.39 Å². The van der Waals surface area contributed by atoms with Crippen LogP contribution in [0.2, 0.25) is 0 Å². The molecule has 0 fully saturated rings. The Hall–Kier alpha value is -1.97. The predicted octanol–water partition coefficient (Wildman–Crippen LogP) is 2.19. The third-order valence-corrected chi connectivity index (χ3v) is 2.37. The van der Waals surface area contributed by atoms with Gasteiger partial charge in [0.25, 0.3) is 5.56 Å². The van der Waals surface area contributed by atoms with E-state index in [1.165, 1.54) is 18.2 Å². The van der Waals surface area contributed by atoms with Gasteiger partial charge in [-0.15, -0.1) is 0 Å². The lowest BCUT2D eigenvalue weighted by atomic mass is 10.0. The Morgan fingerprint density at radius 2 is 2.00 bits per heavy atom. The van der Waals surface area contributed by atoms with Gasteiger partial charge in [-0.1, -0.05) is 6.07 Å². The maximum absolute atomic E-state index is 13.8. The molecule has 2 rings (SSSR count).